The van der Waals surface area contributed by atoms with Crippen molar-refractivity contribution >= 4 is 27.6 Å². The third-order valence-electron chi connectivity index (χ3n) is 4.79. The maximum Gasteiger partial charge on any atom is 0.331 e. The summed E-state index contributed by atoms with van der Waals surface area (Å²) in [4.78, 5) is 27.4. The van der Waals surface area contributed by atoms with Crippen LogP contribution in [-0.2, 0) is 14.8 Å². The maximum atomic E-state index is 13.7. The highest BCUT2D eigenvalue weighted by molar-refractivity contribution is 7.90. The van der Waals surface area contributed by atoms with Crippen molar-refractivity contribution in [2.75, 3.05) is 38.0 Å². The summed E-state index contributed by atoms with van der Waals surface area (Å²) in [6.45, 7) is 1.07. The van der Waals surface area contributed by atoms with Gasteiger partial charge in [-0.25, -0.2) is 31.1 Å². The molecule has 0 aliphatic carbocycles. The van der Waals surface area contributed by atoms with E-state index in [1.165, 1.54) is 4.90 Å². The first-order chi connectivity index (χ1) is 15.1. The normalized spacial score (nSPS) is 15.2. The minimum Gasteiger partial charge on any atom is -0.323 e. The number of carbonyl (C=O) groups is 2. The van der Waals surface area contributed by atoms with E-state index in [0.29, 0.717) is 19.0 Å². The van der Waals surface area contributed by atoms with Crippen molar-refractivity contribution < 1.29 is 31.2 Å². The Morgan fingerprint density at radius 1 is 0.906 bits per heavy atom. The molecule has 0 aromatic heterocycles. The number of anilines is 1. The third kappa shape index (κ3) is 6.20. The lowest BCUT2D eigenvalue weighted by Crippen LogP contribution is -2.44. The van der Waals surface area contributed by atoms with E-state index < -0.39 is 39.4 Å². The van der Waals surface area contributed by atoms with E-state index in [1.54, 1.807) is 4.90 Å². The average molecular weight is 470 g/mol. The molecule has 1 aliphatic rings. The topological polar surface area (TPSA) is 98.8 Å². The zero-order valence-corrected chi connectivity index (χ0v) is 17.7. The Morgan fingerprint density at radius 2 is 1.59 bits per heavy atom. The minimum absolute atomic E-state index is 0.0832. The smallest absolute Gasteiger partial charge is 0.323 e. The number of nitrogens with one attached hydrogen (secondary N) is 2. The number of carbonyl (C=O) groups excluding carboxylic acids is 2. The summed E-state index contributed by atoms with van der Waals surface area (Å²) in [5, 5.41) is 2.37. The van der Waals surface area contributed by atoms with Gasteiger partial charge in [-0.15, -0.1) is 0 Å². The highest BCUT2D eigenvalue weighted by Gasteiger charge is 2.25. The van der Waals surface area contributed by atoms with Crippen LogP contribution < -0.4 is 10.0 Å². The van der Waals surface area contributed by atoms with Crippen LogP contribution in [0.3, 0.4) is 0 Å². The Balaban J connectivity index is 1.53. The van der Waals surface area contributed by atoms with Crippen molar-refractivity contribution in [2.24, 2.45) is 0 Å². The molecule has 1 heterocycles. The summed E-state index contributed by atoms with van der Waals surface area (Å²) in [5.41, 5.74) is -0.141. The molecular weight excluding hydrogens is 449 g/mol. The molecule has 32 heavy (non-hydrogen) atoms. The lowest BCUT2D eigenvalue weighted by atomic mass is 10.3. The number of rotatable bonds is 5. The second kappa shape index (κ2) is 10.0. The van der Waals surface area contributed by atoms with Crippen LogP contribution in [0.25, 0.3) is 0 Å². The van der Waals surface area contributed by atoms with Gasteiger partial charge in [0.1, 0.15) is 17.5 Å². The van der Waals surface area contributed by atoms with Crippen molar-refractivity contribution in [1.29, 1.82) is 0 Å². The largest absolute Gasteiger partial charge is 0.331 e. The number of sulfonamides is 1. The number of halogens is 3. The fraction of sp³-hybridized carbons (Fsp3) is 0.300. The van der Waals surface area contributed by atoms with E-state index in [2.05, 4.69) is 5.32 Å². The number of hydrogen-bond acceptors (Lipinski definition) is 5. The van der Waals surface area contributed by atoms with E-state index in [1.807, 2.05) is 4.72 Å². The summed E-state index contributed by atoms with van der Waals surface area (Å²) < 4.78 is 66.2. The highest BCUT2D eigenvalue weighted by Crippen LogP contribution is 2.15. The molecule has 0 saturated carbocycles. The van der Waals surface area contributed by atoms with Gasteiger partial charge in [-0.1, -0.05) is 0 Å². The monoisotopic (exact) mass is 470 g/mol. The van der Waals surface area contributed by atoms with Gasteiger partial charge in [-0.3, -0.25) is 9.69 Å². The van der Waals surface area contributed by atoms with E-state index >= 15 is 0 Å². The van der Waals surface area contributed by atoms with Crippen molar-refractivity contribution in [3.63, 3.8) is 0 Å². The fourth-order valence-electron chi connectivity index (χ4n) is 3.17. The second-order valence-electron chi connectivity index (χ2n) is 7.15. The number of hydrogen-bond donors (Lipinski definition) is 2. The fourth-order valence-corrected chi connectivity index (χ4v) is 4.14. The summed E-state index contributed by atoms with van der Waals surface area (Å²) in [6.07, 6.45) is 0.474. The Labute approximate surface area is 183 Å². The maximum absolute atomic E-state index is 13.7. The SMILES string of the molecule is O=C(CN1CCCN(C(=O)NS(=O)(=O)c2ccc(F)cc2)CC1)Nc1ccc(F)cc1F. The van der Waals surface area contributed by atoms with E-state index in [0.717, 1.165) is 36.4 Å². The zero-order valence-electron chi connectivity index (χ0n) is 16.9. The van der Waals surface area contributed by atoms with Gasteiger partial charge < -0.3 is 10.2 Å². The molecule has 1 saturated heterocycles. The van der Waals surface area contributed by atoms with Crippen molar-refractivity contribution in [3.8, 4) is 0 Å². The third-order valence-corrected chi connectivity index (χ3v) is 6.13. The van der Waals surface area contributed by atoms with Gasteiger partial charge in [-0.05, 0) is 42.8 Å². The first kappa shape index (κ1) is 23.5. The van der Waals surface area contributed by atoms with Crippen molar-refractivity contribution in [2.45, 2.75) is 11.3 Å². The predicted molar refractivity (Wildman–Crippen MR) is 110 cm³/mol. The molecule has 0 unspecified atom stereocenters. The van der Waals surface area contributed by atoms with Crippen LogP contribution in [0.2, 0.25) is 0 Å². The van der Waals surface area contributed by atoms with E-state index in [4.69, 9.17) is 0 Å². The van der Waals surface area contributed by atoms with Crippen LogP contribution in [0.5, 0.6) is 0 Å². The second-order valence-corrected chi connectivity index (χ2v) is 8.84. The van der Waals surface area contributed by atoms with Crippen molar-refractivity contribution in [3.05, 3.63) is 59.9 Å². The quantitative estimate of drug-likeness (QED) is 0.698. The van der Waals surface area contributed by atoms with E-state index in [9.17, 15) is 31.2 Å². The molecule has 0 bridgehead atoms. The molecule has 0 spiro atoms. The molecule has 3 amide bonds. The van der Waals surface area contributed by atoms with Crippen molar-refractivity contribution in [1.82, 2.24) is 14.5 Å². The number of urea groups is 1. The molecule has 1 aliphatic heterocycles. The van der Waals surface area contributed by atoms with Gasteiger partial charge in [0.25, 0.3) is 10.0 Å². The van der Waals surface area contributed by atoms with Gasteiger partial charge >= 0.3 is 6.03 Å². The molecule has 12 heteroatoms. The average Bonchev–Trinajstić information content (AvgIpc) is 2.96. The lowest BCUT2D eigenvalue weighted by Gasteiger charge is -2.22. The minimum atomic E-state index is -4.16. The van der Waals surface area contributed by atoms with Gasteiger partial charge in [0.15, 0.2) is 0 Å². The predicted octanol–water partition coefficient (Wildman–Crippen LogP) is 2.15. The zero-order chi connectivity index (χ0) is 23.3. The molecule has 0 radical (unpaired) electrons. The van der Waals surface area contributed by atoms with Crippen LogP contribution in [0, 0.1) is 17.5 Å². The molecular formula is C20H21F3N4O4S. The molecule has 8 nitrogen and oxygen atoms in total. The summed E-state index contributed by atoms with van der Waals surface area (Å²) in [7, 11) is -4.16. The molecule has 2 aromatic rings. The lowest BCUT2D eigenvalue weighted by molar-refractivity contribution is -0.117. The number of benzene rings is 2. The summed E-state index contributed by atoms with van der Waals surface area (Å²) >= 11 is 0. The van der Waals surface area contributed by atoms with Crippen LogP contribution in [0.1, 0.15) is 6.42 Å². The molecule has 3 rings (SSSR count). The van der Waals surface area contributed by atoms with Crippen LogP contribution in [0.4, 0.5) is 23.7 Å². The number of nitrogens with zero attached hydrogens (tertiary/aromatic N) is 2. The molecule has 172 valence electrons. The Morgan fingerprint density at radius 3 is 2.28 bits per heavy atom. The van der Waals surface area contributed by atoms with Crippen LogP contribution in [0.15, 0.2) is 47.4 Å². The summed E-state index contributed by atoms with van der Waals surface area (Å²) in [5.74, 6) is -2.76. The molecule has 1 fully saturated rings. The summed E-state index contributed by atoms with van der Waals surface area (Å²) in [6, 6.07) is 6.05. The molecule has 2 aromatic carbocycles. The standard InChI is InChI=1S/C20H21F3N4O4S/c21-14-2-5-16(6-3-14)32(30,31)25-20(29)27-9-1-8-26(10-11-27)13-19(28)24-18-7-4-15(22)12-17(18)23/h2-7,12H,1,8-11,13H2,(H,24,28)(H,25,29). The number of amides is 3. The molecule has 2 N–H and O–H groups in total. The Hall–Kier alpha value is -3.12. The van der Waals surface area contributed by atoms with Gasteiger partial charge in [0.05, 0.1) is 17.1 Å². The Bertz CT molecular complexity index is 1100. The Kier molecular flexibility index (Phi) is 7.36. The molecule has 0 atom stereocenters. The van der Waals surface area contributed by atoms with Crippen LogP contribution in [-0.4, -0.2) is 62.9 Å². The van der Waals surface area contributed by atoms with Gasteiger partial charge in [0, 0.05) is 32.2 Å². The van der Waals surface area contributed by atoms with Crippen LogP contribution >= 0.6 is 0 Å². The van der Waals surface area contributed by atoms with Gasteiger partial charge in [-0.2, -0.15) is 0 Å². The first-order valence-electron chi connectivity index (χ1n) is 9.68. The van der Waals surface area contributed by atoms with Gasteiger partial charge in [0.2, 0.25) is 5.91 Å². The highest BCUT2D eigenvalue weighted by atomic mass is 32.2. The van der Waals surface area contributed by atoms with E-state index in [-0.39, 0.29) is 36.8 Å². The first-order valence-corrected chi connectivity index (χ1v) is 11.2.